The molecule has 0 aromatic rings. The molecule has 0 aliphatic carbocycles. The SMILES string of the molecule is CCN1CCN(CC2(F)CNC2)CC1. The summed E-state index contributed by atoms with van der Waals surface area (Å²) in [6, 6.07) is 0. The van der Waals surface area contributed by atoms with Gasteiger partial charge in [0.25, 0.3) is 0 Å². The molecule has 0 saturated carbocycles. The molecule has 82 valence electrons. The molecule has 0 unspecified atom stereocenters. The van der Waals surface area contributed by atoms with Crippen molar-refractivity contribution in [2.24, 2.45) is 0 Å². The summed E-state index contributed by atoms with van der Waals surface area (Å²) in [6.45, 7) is 9.26. The van der Waals surface area contributed by atoms with Crippen molar-refractivity contribution >= 4 is 0 Å². The molecule has 2 saturated heterocycles. The maximum Gasteiger partial charge on any atom is 0.148 e. The zero-order chi connectivity index (χ0) is 10.0. The topological polar surface area (TPSA) is 18.5 Å². The molecular formula is C10H20FN3. The Hall–Kier alpha value is -0.190. The van der Waals surface area contributed by atoms with Gasteiger partial charge in [-0.3, -0.25) is 4.90 Å². The third kappa shape index (κ3) is 2.24. The minimum absolute atomic E-state index is 0.543. The van der Waals surface area contributed by atoms with E-state index in [2.05, 4.69) is 22.0 Å². The van der Waals surface area contributed by atoms with Crippen LogP contribution in [0.15, 0.2) is 0 Å². The highest BCUT2D eigenvalue weighted by Crippen LogP contribution is 2.18. The van der Waals surface area contributed by atoms with Crippen molar-refractivity contribution in [3.8, 4) is 0 Å². The Morgan fingerprint density at radius 1 is 1.14 bits per heavy atom. The van der Waals surface area contributed by atoms with E-state index in [-0.39, 0.29) is 0 Å². The van der Waals surface area contributed by atoms with Gasteiger partial charge < -0.3 is 10.2 Å². The van der Waals surface area contributed by atoms with E-state index in [0.717, 1.165) is 32.7 Å². The van der Waals surface area contributed by atoms with Gasteiger partial charge in [0, 0.05) is 45.8 Å². The largest absolute Gasteiger partial charge is 0.310 e. The van der Waals surface area contributed by atoms with Crippen LogP contribution in [0.4, 0.5) is 4.39 Å². The Labute approximate surface area is 85.2 Å². The van der Waals surface area contributed by atoms with E-state index in [1.54, 1.807) is 0 Å². The molecule has 2 heterocycles. The lowest BCUT2D eigenvalue weighted by Gasteiger charge is -2.42. The van der Waals surface area contributed by atoms with E-state index in [1.807, 2.05) is 0 Å². The fraction of sp³-hybridized carbons (Fsp3) is 1.00. The normalized spacial score (nSPS) is 28.7. The van der Waals surface area contributed by atoms with Gasteiger partial charge in [0.1, 0.15) is 5.67 Å². The van der Waals surface area contributed by atoms with E-state index in [9.17, 15) is 4.39 Å². The van der Waals surface area contributed by atoms with Crippen molar-refractivity contribution in [2.75, 3.05) is 52.4 Å². The minimum Gasteiger partial charge on any atom is -0.310 e. The Morgan fingerprint density at radius 2 is 1.71 bits per heavy atom. The Balaban J connectivity index is 1.73. The Morgan fingerprint density at radius 3 is 2.14 bits per heavy atom. The van der Waals surface area contributed by atoms with Crippen LogP contribution in [-0.4, -0.2) is 67.8 Å². The fourth-order valence-electron chi connectivity index (χ4n) is 2.17. The third-order valence-corrected chi connectivity index (χ3v) is 3.30. The van der Waals surface area contributed by atoms with Crippen molar-refractivity contribution in [1.29, 1.82) is 0 Å². The lowest BCUT2D eigenvalue weighted by atomic mass is 9.98. The van der Waals surface area contributed by atoms with Gasteiger partial charge in [-0.25, -0.2) is 4.39 Å². The zero-order valence-corrected chi connectivity index (χ0v) is 8.93. The maximum absolute atomic E-state index is 13.8. The molecule has 3 nitrogen and oxygen atoms in total. The number of rotatable bonds is 3. The number of nitrogens with one attached hydrogen (secondary N) is 1. The van der Waals surface area contributed by atoms with Crippen LogP contribution in [0.25, 0.3) is 0 Å². The molecule has 0 aromatic heterocycles. The van der Waals surface area contributed by atoms with Crippen molar-refractivity contribution in [1.82, 2.24) is 15.1 Å². The lowest BCUT2D eigenvalue weighted by molar-refractivity contribution is 0.0231. The second-order valence-electron chi connectivity index (χ2n) is 4.46. The number of piperazine rings is 1. The van der Waals surface area contributed by atoms with Gasteiger partial charge in [-0.2, -0.15) is 0 Å². The van der Waals surface area contributed by atoms with Gasteiger partial charge in [0.05, 0.1) is 0 Å². The van der Waals surface area contributed by atoms with Gasteiger partial charge in [0.2, 0.25) is 0 Å². The highest BCUT2D eigenvalue weighted by Gasteiger charge is 2.38. The quantitative estimate of drug-likeness (QED) is 0.690. The molecule has 0 aromatic carbocycles. The predicted molar refractivity (Wildman–Crippen MR) is 55.3 cm³/mol. The summed E-state index contributed by atoms with van der Waals surface area (Å²) in [6.07, 6.45) is 0. The molecule has 1 N–H and O–H groups in total. The molecule has 0 spiro atoms. The molecule has 0 amide bonds. The molecule has 2 rings (SSSR count). The second-order valence-corrected chi connectivity index (χ2v) is 4.46. The summed E-state index contributed by atoms with van der Waals surface area (Å²) in [4.78, 5) is 4.67. The average Bonchev–Trinajstić information content (AvgIpc) is 2.17. The van der Waals surface area contributed by atoms with E-state index < -0.39 is 5.67 Å². The number of likely N-dealkylation sites (N-methyl/N-ethyl adjacent to an activating group) is 1. The average molecular weight is 201 g/mol. The minimum atomic E-state index is -0.936. The number of nitrogens with zero attached hydrogens (tertiary/aromatic N) is 2. The molecule has 4 heteroatoms. The Bertz CT molecular complexity index is 186. The van der Waals surface area contributed by atoms with Gasteiger partial charge in [-0.15, -0.1) is 0 Å². The molecule has 2 aliphatic rings. The van der Waals surface area contributed by atoms with E-state index >= 15 is 0 Å². The first kappa shape index (κ1) is 10.3. The predicted octanol–water partition coefficient (Wildman–Crippen LogP) is -0.0646. The maximum atomic E-state index is 13.8. The first-order valence-electron chi connectivity index (χ1n) is 5.56. The van der Waals surface area contributed by atoms with Crippen LogP contribution >= 0.6 is 0 Å². The fourth-order valence-corrected chi connectivity index (χ4v) is 2.17. The van der Waals surface area contributed by atoms with Crippen LogP contribution in [0.3, 0.4) is 0 Å². The van der Waals surface area contributed by atoms with Crippen molar-refractivity contribution in [3.05, 3.63) is 0 Å². The van der Waals surface area contributed by atoms with Crippen molar-refractivity contribution < 1.29 is 4.39 Å². The summed E-state index contributed by atoms with van der Waals surface area (Å²) in [7, 11) is 0. The monoisotopic (exact) mass is 201 g/mol. The second kappa shape index (κ2) is 4.13. The van der Waals surface area contributed by atoms with Crippen LogP contribution in [0.2, 0.25) is 0 Å². The Kier molecular flexibility index (Phi) is 3.04. The third-order valence-electron chi connectivity index (χ3n) is 3.30. The molecule has 14 heavy (non-hydrogen) atoms. The number of hydrogen-bond acceptors (Lipinski definition) is 3. The molecule has 2 fully saturated rings. The van der Waals surface area contributed by atoms with Gasteiger partial charge >= 0.3 is 0 Å². The molecule has 0 radical (unpaired) electrons. The smallest absolute Gasteiger partial charge is 0.148 e. The summed E-state index contributed by atoms with van der Waals surface area (Å²) in [5.41, 5.74) is -0.936. The number of hydrogen-bond donors (Lipinski definition) is 1. The zero-order valence-electron chi connectivity index (χ0n) is 8.93. The van der Waals surface area contributed by atoms with Crippen molar-refractivity contribution in [2.45, 2.75) is 12.6 Å². The van der Waals surface area contributed by atoms with E-state index in [4.69, 9.17) is 0 Å². The highest BCUT2D eigenvalue weighted by atomic mass is 19.1. The van der Waals surface area contributed by atoms with Crippen molar-refractivity contribution in [3.63, 3.8) is 0 Å². The van der Waals surface area contributed by atoms with Crippen LogP contribution < -0.4 is 5.32 Å². The molecule has 0 atom stereocenters. The summed E-state index contributed by atoms with van der Waals surface area (Å²) in [5.74, 6) is 0. The number of halogens is 1. The van der Waals surface area contributed by atoms with Gasteiger partial charge in [-0.05, 0) is 6.54 Å². The van der Waals surface area contributed by atoms with Gasteiger partial charge in [0.15, 0.2) is 0 Å². The van der Waals surface area contributed by atoms with Crippen LogP contribution in [0.1, 0.15) is 6.92 Å². The highest BCUT2D eigenvalue weighted by molar-refractivity contribution is 4.96. The number of alkyl halides is 1. The van der Waals surface area contributed by atoms with E-state index in [1.165, 1.54) is 0 Å². The summed E-state index contributed by atoms with van der Waals surface area (Å²) >= 11 is 0. The van der Waals surface area contributed by atoms with Crippen LogP contribution in [0.5, 0.6) is 0 Å². The molecular weight excluding hydrogens is 181 g/mol. The van der Waals surface area contributed by atoms with Crippen LogP contribution in [-0.2, 0) is 0 Å². The van der Waals surface area contributed by atoms with Gasteiger partial charge in [-0.1, -0.05) is 6.92 Å². The summed E-state index contributed by atoms with van der Waals surface area (Å²) < 4.78 is 13.8. The first-order valence-corrected chi connectivity index (χ1v) is 5.56. The first-order chi connectivity index (χ1) is 6.72. The van der Waals surface area contributed by atoms with E-state index in [0.29, 0.717) is 19.6 Å². The molecule has 2 aliphatic heterocycles. The standard InChI is InChI=1S/C10H20FN3/c1-2-13-3-5-14(6-4-13)9-10(11)7-12-8-10/h12H,2-9H2,1H3. The molecule has 0 bridgehead atoms. The van der Waals surface area contributed by atoms with Crippen LogP contribution in [0, 0.1) is 0 Å². The lowest BCUT2D eigenvalue weighted by Crippen LogP contribution is -2.63. The summed E-state index contributed by atoms with van der Waals surface area (Å²) in [5, 5.41) is 3.00.